The van der Waals surface area contributed by atoms with Crippen LogP contribution in [0.3, 0.4) is 0 Å². The number of aryl methyl sites for hydroxylation is 1. The minimum Gasteiger partial charge on any atom is -0.353 e. The molecule has 19 heavy (non-hydrogen) atoms. The van der Waals surface area contributed by atoms with E-state index in [1.165, 1.54) is 51.4 Å². The molecule has 0 radical (unpaired) electrons. The van der Waals surface area contributed by atoms with E-state index in [-0.39, 0.29) is 0 Å². The zero-order valence-corrected chi connectivity index (χ0v) is 12.6. The number of hydrogen-bond acceptors (Lipinski definition) is 2. The molecule has 1 atom stereocenters. The third-order valence-corrected chi connectivity index (χ3v) is 4.44. The van der Waals surface area contributed by atoms with Gasteiger partial charge in [0.2, 0.25) is 5.95 Å². The summed E-state index contributed by atoms with van der Waals surface area (Å²) in [6.45, 7) is 5.62. The summed E-state index contributed by atoms with van der Waals surface area (Å²) in [4.78, 5) is 4.50. The number of nitrogens with zero attached hydrogens (tertiary/aromatic N) is 2. The van der Waals surface area contributed by atoms with Crippen molar-refractivity contribution in [2.45, 2.75) is 77.8 Å². The van der Waals surface area contributed by atoms with E-state index in [0.29, 0.717) is 6.04 Å². The lowest BCUT2D eigenvalue weighted by Gasteiger charge is -2.30. The molecule has 0 saturated heterocycles. The molecule has 1 N–H and O–H groups in total. The smallest absolute Gasteiger partial charge is 0.202 e. The Morgan fingerprint density at radius 3 is 2.79 bits per heavy atom. The van der Waals surface area contributed by atoms with Gasteiger partial charge in [-0.2, -0.15) is 0 Å². The van der Waals surface area contributed by atoms with Crippen LogP contribution in [-0.4, -0.2) is 15.6 Å². The second-order valence-corrected chi connectivity index (χ2v) is 5.85. The zero-order chi connectivity index (χ0) is 13.5. The Kier molecular flexibility index (Phi) is 5.74. The fraction of sp³-hybridized carbons (Fsp3) is 0.812. The number of aromatic nitrogens is 2. The van der Waals surface area contributed by atoms with Crippen molar-refractivity contribution in [2.24, 2.45) is 5.92 Å². The molecule has 108 valence electrons. The Bertz CT molecular complexity index is 353. The summed E-state index contributed by atoms with van der Waals surface area (Å²) >= 11 is 0. The highest BCUT2D eigenvalue weighted by Gasteiger charge is 2.23. The molecule has 1 heterocycles. The molecule has 0 spiro atoms. The van der Waals surface area contributed by atoms with Gasteiger partial charge in [-0.25, -0.2) is 4.98 Å². The van der Waals surface area contributed by atoms with E-state index in [9.17, 15) is 0 Å². The molecule has 0 aromatic carbocycles. The Balaban J connectivity index is 1.95. The van der Waals surface area contributed by atoms with Crippen LogP contribution in [0.4, 0.5) is 5.95 Å². The topological polar surface area (TPSA) is 29.9 Å². The third-order valence-electron chi connectivity index (χ3n) is 4.44. The van der Waals surface area contributed by atoms with Crippen molar-refractivity contribution in [3.63, 3.8) is 0 Å². The van der Waals surface area contributed by atoms with Crippen LogP contribution in [0.25, 0.3) is 0 Å². The first-order valence-corrected chi connectivity index (χ1v) is 8.12. The average Bonchev–Trinajstić information content (AvgIpc) is 2.90. The van der Waals surface area contributed by atoms with E-state index in [4.69, 9.17) is 0 Å². The van der Waals surface area contributed by atoms with Gasteiger partial charge < -0.3 is 9.88 Å². The second kappa shape index (κ2) is 7.56. The van der Waals surface area contributed by atoms with Crippen molar-refractivity contribution in [1.82, 2.24) is 9.55 Å². The summed E-state index contributed by atoms with van der Waals surface area (Å²) in [6, 6.07) is 0.600. The fourth-order valence-electron chi connectivity index (χ4n) is 3.21. The molecule has 3 heteroatoms. The third kappa shape index (κ3) is 3.99. The van der Waals surface area contributed by atoms with Crippen molar-refractivity contribution in [3.05, 3.63) is 12.4 Å². The summed E-state index contributed by atoms with van der Waals surface area (Å²) in [5.41, 5.74) is 0. The second-order valence-electron chi connectivity index (χ2n) is 5.85. The summed E-state index contributed by atoms with van der Waals surface area (Å²) in [7, 11) is 0. The Morgan fingerprint density at radius 1 is 1.32 bits per heavy atom. The number of imidazole rings is 1. The van der Waals surface area contributed by atoms with Crippen LogP contribution >= 0.6 is 0 Å². The van der Waals surface area contributed by atoms with Crippen LogP contribution in [0.15, 0.2) is 12.4 Å². The molecule has 3 nitrogen and oxygen atoms in total. The lowest BCUT2D eigenvalue weighted by molar-refractivity contribution is 0.311. The summed E-state index contributed by atoms with van der Waals surface area (Å²) in [5.74, 6) is 1.92. The lowest BCUT2D eigenvalue weighted by Crippen LogP contribution is -2.31. The molecule has 1 saturated carbocycles. The van der Waals surface area contributed by atoms with Gasteiger partial charge in [-0.05, 0) is 31.6 Å². The maximum absolute atomic E-state index is 4.50. The highest BCUT2D eigenvalue weighted by Crippen LogP contribution is 2.29. The van der Waals surface area contributed by atoms with Crippen molar-refractivity contribution >= 4 is 5.95 Å². The van der Waals surface area contributed by atoms with Gasteiger partial charge in [-0.1, -0.05) is 39.5 Å². The maximum Gasteiger partial charge on any atom is 0.202 e. The predicted molar refractivity (Wildman–Crippen MR) is 81.4 cm³/mol. The van der Waals surface area contributed by atoms with Gasteiger partial charge in [0, 0.05) is 25.0 Å². The van der Waals surface area contributed by atoms with Crippen molar-refractivity contribution in [3.8, 4) is 0 Å². The zero-order valence-electron chi connectivity index (χ0n) is 12.6. The minimum absolute atomic E-state index is 0.600. The molecule has 2 rings (SSSR count). The van der Waals surface area contributed by atoms with Crippen molar-refractivity contribution in [1.29, 1.82) is 0 Å². The molecule has 1 fully saturated rings. The van der Waals surface area contributed by atoms with E-state index < -0.39 is 0 Å². The summed E-state index contributed by atoms with van der Waals surface area (Å²) < 4.78 is 2.27. The molecule has 0 aliphatic heterocycles. The molecule has 1 aromatic rings. The number of rotatable bonds is 7. The molecule has 0 bridgehead atoms. The lowest BCUT2D eigenvalue weighted by atomic mass is 9.83. The molecule has 1 aromatic heterocycles. The van der Waals surface area contributed by atoms with Crippen LogP contribution in [0.2, 0.25) is 0 Å². The van der Waals surface area contributed by atoms with Gasteiger partial charge in [-0.15, -0.1) is 0 Å². The monoisotopic (exact) mass is 263 g/mol. The van der Waals surface area contributed by atoms with Gasteiger partial charge in [0.1, 0.15) is 0 Å². The summed E-state index contributed by atoms with van der Waals surface area (Å²) in [6.07, 6.45) is 14.7. The van der Waals surface area contributed by atoms with E-state index in [0.717, 1.165) is 18.4 Å². The Labute approximate surface area is 117 Å². The van der Waals surface area contributed by atoms with Gasteiger partial charge in [0.05, 0.1) is 0 Å². The molecular weight excluding hydrogens is 234 g/mol. The number of anilines is 1. The highest BCUT2D eigenvalue weighted by molar-refractivity contribution is 5.28. The van der Waals surface area contributed by atoms with Crippen molar-refractivity contribution < 1.29 is 0 Å². The Hall–Kier alpha value is -0.990. The van der Waals surface area contributed by atoms with Gasteiger partial charge in [0.25, 0.3) is 0 Å². The number of unbranched alkanes of at least 4 members (excludes halogenated alkanes) is 1. The maximum atomic E-state index is 4.50. The van der Waals surface area contributed by atoms with E-state index in [1.54, 1.807) is 0 Å². The fourth-order valence-corrected chi connectivity index (χ4v) is 3.21. The normalized spacial score (nSPS) is 18.4. The van der Waals surface area contributed by atoms with E-state index >= 15 is 0 Å². The number of hydrogen-bond donors (Lipinski definition) is 1. The largest absolute Gasteiger partial charge is 0.353 e. The first-order valence-electron chi connectivity index (χ1n) is 8.12. The minimum atomic E-state index is 0.600. The van der Waals surface area contributed by atoms with Gasteiger partial charge >= 0.3 is 0 Å². The van der Waals surface area contributed by atoms with Crippen molar-refractivity contribution in [2.75, 3.05) is 5.32 Å². The van der Waals surface area contributed by atoms with Crippen LogP contribution in [0.5, 0.6) is 0 Å². The Morgan fingerprint density at radius 2 is 2.11 bits per heavy atom. The van der Waals surface area contributed by atoms with E-state index in [1.807, 2.05) is 6.20 Å². The van der Waals surface area contributed by atoms with Gasteiger partial charge in [0.15, 0.2) is 0 Å². The molecule has 1 unspecified atom stereocenters. The van der Waals surface area contributed by atoms with E-state index in [2.05, 4.69) is 34.9 Å². The number of nitrogens with one attached hydrogen (secondary N) is 1. The SMILES string of the molecule is CCCCn1ccnc1NC(CC)C1CCCCC1. The molecular formula is C16H29N3. The van der Waals surface area contributed by atoms with Crippen LogP contribution in [0, 0.1) is 5.92 Å². The first kappa shape index (κ1) is 14.4. The quantitative estimate of drug-likeness (QED) is 0.787. The van der Waals surface area contributed by atoms with Crippen LogP contribution < -0.4 is 5.32 Å². The highest BCUT2D eigenvalue weighted by atomic mass is 15.2. The molecule has 1 aliphatic rings. The molecule has 1 aliphatic carbocycles. The molecule has 0 amide bonds. The predicted octanol–water partition coefficient (Wildman–Crippen LogP) is 4.45. The van der Waals surface area contributed by atoms with Crippen LogP contribution in [0.1, 0.15) is 65.2 Å². The summed E-state index contributed by atoms with van der Waals surface area (Å²) in [5, 5.41) is 3.71. The standard InChI is InChI=1S/C16H29N3/c1-3-5-12-19-13-11-17-16(19)18-15(4-2)14-9-7-6-8-10-14/h11,13-15H,3-10,12H2,1-2H3,(H,17,18). The first-order chi connectivity index (χ1) is 9.35. The average molecular weight is 263 g/mol. The van der Waals surface area contributed by atoms with Crippen LogP contribution in [-0.2, 0) is 6.54 Å². The van der Waals surface area contributed by atoms with Gasteiger partial charge in [-0.3, -0.25) is 0 Å².